The van der Waals surface area contributed by atoms with Crippen LogP contribution in [0.4, 0.5) is 10.5 Å². The zero-order chi connectivity index (χ0) is 26.3. The van der Waals surface area contributed by atoms with Gasteiger partial charge in [0.2, 0.25) is 15.9 Å². The second-order valence-electron chi connectivity index (χ2n) is 9.11. The van der Waals surface area contributed by atoms with Crippen LogP contribution in [0.3, 0.4) is 0 Å². The molecule has 12 heteroatoms. The lowest BCUT2D eigenvalue weighted by Crippen LogP contribution is -2.48. The number of sulfonamides is 1. The summed E-state index contributed by atoms with van der Waals surface area (Å²) in [5.74, 6) is -1.13. The molecule has 4 rings (SSSR count). The summed E-state index contributed by atoms with van der Waals surface area (Å²) >= 11 is 3.34. The molecule has 3 atom stereocenters. The fraction of sp³-hybridized carbons (Fsp3) is 0.375. The zero-order valence-corrected chi connectivity index (χ0v) is 22.4. The summed E-state index contributed by atoms with van der Waals surface area (Å²) < 4.78 is 33.8. The molecule has 0 spiro atoms. The van der Waals surface area contributed by atoms with Crippen molar-refractivity contribution in [2.24, 2.45) is 0 Å². The van der Waals surface area contributed by atoms with Crippen LogP contribution < -0.4 is 10.6 Å². The lowest BCUT2D eigenvalue weighted by atomic mass is 9.92. The lowest BCUT2D eigenvalue weighted by molar-refractivity contribution is -0.133. The van der Waals surface area contributed by atoms with Crippen LogP contribution in [0.15, 0.2) is 57.9 Å². The smallest absolute Gasteiger partial charge is 0.325 e. The summed E-state index contributed by atoms with van der Waals surface area (Å²) in [5.41, 5.74) is -0.360. The highest BCUT2D eigenvalue weighted by molar-refractivity contribution is 9.10. The summed E-state index contributed by atoms with van der Waals surface area (Å²) in [5, 5.41) is 5.27. The molecule has 36 heavy (non-hydrogen) atoms. The van der Waals surface area contributed by atoms with E-state index in [9.17, 15) is 22.8 Å². The predicted octanol–water partition coefficient (Wildman–Crippen LogP) is 2.65. The molecule has 10 nitrogen and oxygen atoms in total. The number of morpholine rings is 1. The Bertz CT molecular complexity index is 1270. The Kier molecular flexibility index (Phi) is 7.24. The van der Waals surface area contributed by atoms with E-state index in [1.54, 1.807) is 31.2 Å². The molecule has 2 N–H and O–H groups in total. The van der Waals surface area contributed by atoms with Crippen molar-refractivity contribution in [2.75, 3.05) is 25.0 Å². The SMILES string of the molecule is C[C@@H]1CN(S(=O)(=O)c2ccc(NC(=O)CN3C(=O)N[C@](C)(c4ccc(Br)cc4)C3=O)cc2)C[C@H](C)O1. The van der Waals surface area contributed by atoms with Gasteiger partial charge in [0.25, 0.3) is 5.91 Å². The first kappa shape index (κ1) is 26.3. The molecule has 2 aliphatic heterocycles. The minimum atomic E-state index is -3.72. The fourth-order valence-electron chi connectivity index (χ4n) is 4.35. The van der Waals surface area contributed by atoms with Crippen molar-refractivity contribution in [2.45, 2.75) is 43.4 Å². The Morgan fingerprint density at radius 2 is 1.67 bits per heavy atom. The monoisotopic (exact) mass is 578 g/mol. The summed E-state index contributed by atoms with van der Waals surface area (Å²) in [6, 6.07) is 12.1. The number of carbonyl (C=O) groups excluding carboxylic acids is 3. The van der Waals surface area contributed by atoms with Gasteiger partial charge in [-0.3, -0.25) is 14.5 Å². The summed E-state index contributed by atoms with van der Waals surface area (Å²) in [4.78, 5) is 39.1. The third kappa shape index (κ3) is 5.17. The number of halogens is 1. The van der Waals surface area contributed by atoms with Gasteiger partial charge in [0.15, 0.2) is 0 Å². The van der Waals surface area contributed by atoms with E-state index in [1.165, 1.54) is 28.6 Å². The molecular formula is C24H27BrN4O6S. The largest absolute Gasteiger partial charge is 0.373 e. The average molecular weight is 579 g/mol. The molecule has 0 aromatic heterocycles. The first-order chi connectivity index (χ1) is 16.9. The summed E-state index contributed by atoms with van der Waals surface area (Å²) in [6.45, 7) is 5.27. The number of ether oxygens (including phenoxy) is 1. The maximum absolute atomic E-state index is 13.0. The van der Waals surface area contributed by atoms with Crippen LogP contribution in [0.2, 0.25) is 0 Å². The Hall–Kier alpha value is -2.80. The van der Waals surface area contributed by atoms with Gasteiger partial charge in [-0.1, -0.05) is 28.1 Å². The molecule has 2 fully saturated rings. The lowest BCUT2D eigenvalue weighted by Gasteiger charge is -2.34. The topological polar surface area (TPSA) is 125 Å². The van der Waals surface area contributed by atoms with Crippen LogP contribution in [0.25, 0.3) is 0 Å². The van der Waals surface area contributed by atoms with E-state index in [4.69, 9.17) is 4.74 Å². The minimum absolute atomic E-state index is 0.0983. The van der Waals surface area contributed by atoms with Crippen LogP contribution in [0, 0.1) is 0 Å². The molecule has 0 bridgehead atoms. The van der Waals surface area contributed by atoms with E-state index in [0.29, 0.717) is 11.3 Å². The van der Waals surface area contributed by atoms with E-state index < -0.39 is 40.0 Å². The van der Waals surface area contributed by atoms with Crippen molar-refractivity contribution >= 4 is 49.5 Å². The number of imide groups is 1. The molecule has 0 aliphatic carbocycles. The van der Waals surface area contributed by atoms with Crippen LogP contribution in [0.5, 0.6) is 0 Å². The molecule has 2 aliphatic rings. The van der Waals surface area contributed by atoms with Gasteiger partial charge >= 0.3 is 6.03 Å². The quantitative estimate of drug-likeness (QED) is 0.508. The first-order valence-corrected chi connectivity index (χ1v) is 13.6. The highest BCUT2D eigenvalue weighted by Crippen LogP contribution is 2.30. The van der Waals surface area contributed by atoms with Gasteiger partial charge in [-0.2, -0.15) is 4.31 Å². The number of nitrogens with one attached hydrogen (secondary N) is 2. The van der Waals surface area contributed by atoms with Gasteiger partial charge in [0, 0.05) is 23.2 Å². The average Bonchev–Trinajstić information content (AvgIpc) is 3.03. The van der Waals surface area contributed by atoms with Gasteiger partial charge in [-0.05, 0) is 62.7 Å². The van der Waals surface area contributed by atoms with E-state index in [-0.39, 0.29) is 30.2 Å². The number of hydrogen-bond acceptors (Lipinski definition) is 6. The second kappa shape index (κ2) is 9.92. The van der Waals surface area contributed by atoms with Crippen molar-refractivity contribution in [3.8, 4) is 0 Å². The number of urea groups is 1. The van der Waals surface area contributed by atoms with Crippen molar-refractivity contribution in [3.63, 3.8) is 0 Å². The van der Waals surface area contributed by atoms with Gasteiger partial charge in [-0.25, -0.2) is 13.2 Å². The number of nitrogens with zero attached hydrogens (tertiary/aromatic N) is 2. The summed E-state index contributed by atoms with van der Waals surface area (Å²) in [6.07, 6.45) is -0.420. The molecule has 0 unspecified atom stereocenters. The Balaban J connectivity index is 1.41. The molecule has 2 saturated heterocycles. The van der Waals surface area contributed by atoms with Crippen molar-refractivity contribution < 1.29 is 27.5 Å². The molecule has 2 heterocycles. The normalized spacial score (nSPS) is 25.1. The molecule has 0 radical (unpaired) electrons. The predicted molar refractivity (Wildman–Crippen MR) is 136 cm³/mol. The van der Waals surface area contributed by atoms with E-state index in [1.807, 2.05) is 13.8 Å². The van der Waals surface area contributed by atoms with Gasteiger partial charge in [0.1, 0.15) is 12.1 Å². The van der Waals surface area contributed by atoms with Crippen molar-refractivity contribution in [1.82, 2.24) is 14.5 Å². The number of anilines is 1. The molecule has 2 aromatic carbocycles. The second-order valence-corrected chi connectivity index (χ2v) is 12.0. The standard InChI is InChI=1S/C24H27BrN4O6S/c1-15-12-28(13-16(2)35-15)36(33,34)20-10-8-19(9-11-20)26-21(30)14-29-22(31)24(3,27-23(29)32)17-4-6-18(25)7-5-17/h4-11,15-16H,12-14H2,1-3H3,(H,26,30)(H,27,32)/t15-,16+,24-/m1/s1. The zero-order valence-electron chi connectivity index (χ0n) is 20.0. The molecule has 4 amide bonds. The maximum atomic E-state index is 13.0. The third-order valence-electron chi connectivity index (χ3n) is 6.16. The fourth-order valence-corrected chi connectivity index (χ4v) is 6.20. The first-order valence-electron chi connectivity index (χ1n) is 11.4. The molecular weight excluding hydrogens is 552 g/mol. The highest BCUT2D eigenvalue weighted by Gasteiger charge is 2.49. The maximum Gasteiger partial charge on any atom is 0.325 e. The van der Waals surface area contributed by atoms with Crippen LogP contribution in [0.1, 0.15) is 26.3 Å². The molecule has 192 valence electrons. The van der Waals surface area contributed by atoms with E-state index in [2.05, 4.69) is 26.6 Å². The number of hydrogen-bond donors (Lipinski definition) is 2. The van der Waals surface area contributed by atoms with Gasteiger partial charge in [-0.15, -0.1) is 0 Å². The Morgan fingerprint density at radius 3 is 2.25 bits per heavy atom. The Morgan fingerprint density at radius 1 is 1.08 bits per heavy atom. The van der Waals surface area contributed by atoms with Crippen molar-refractivity contribution in [3.05, 3.63) is 58.6 Å². The van der Waals surface area contributed by atoms with Crippen molar-refractivity contribution in [1.29, 1.82) is 0 Å². The van der Waals surface area contributed by atoms with Crippen LogP contribution >= 0.6 is 15.9 Å². The Labute approximate surface area is 218 Å². The van der Waals surface area contributed by atoms with E-state index >= 15 is 0 Å². The van der Waals surface area contributed by atoms with Gasteiger partial charge in [0.05, 0.1) is 17.1 Å². The molecule has 0 saturated carbocycles. The van der Waals surface area contributed by atoms with E-state index in [0.717, 1.165) is 9.37 Å². The summed E-state index contributed by atoms with van der Waals surface area (Å²) in [7, 11) is -3.72. The van der Waals surface area contributed by atoms with Crippen LogP contribution in [-0.4, -0.2) is 67.3 Å². The van der Waals surface area contributed by atoms with Crippen LogP contribution in [-0.2, 0) is 29.9 Å². The minimum Gasteiger partial charge on any atom is -0.373 e. The number of benzene rings is 2. The number of rotatable bonds is 6. The van der Waals surface area contributed by atoms with Gasteiger partial charge < -0.3 is 15.4 Å². The number of carbonyl (C=O) groups is 3. The molecule has 2 aromatic rings. The third-order valence-corrected chi connectivity index (χ3v) is 8.53. The number of amides is 4. The highest BCUT2D eigenvalue weighted by atomic mass is 79.9.